The molecule has 0 N–H and O–H groups in total. The number of carbonyl (C=O) groups is 1. The van der Waals surface area contributed by atoms with Crippen molar-refractivity contribution in [3.63, 3.8) is 0 Å². The van der Waals surface area contributed by atoms with E-state index in [0.717, 1.165) is 42.2 Å². The molecule has 7 heteroatoms. The van der Waals surface area contributed by atoms with E-state index in [1.165, 1.54) is 50.3 Å². The van der Waals surface area contributed by atoms with Gasteiger partial charge in [-0.2, -0.15) is 0 Å². The van der Waals surface area contributed by atoms with Crippen LogP contribution in [0.2, 0.25) is 0 Å². The average molecular weight is 440 g/mol. The van der Waals surface area contributed by atoms with Gasteiger partial charge in [-0.05, 0) is 37.8 Å². The highest BCUT2D eigenvalue weighted by Crippen LogP contribution is 2.32. The third-order valence-electron chi connectivity index (χ3n) is 6.52. The minimum Gasteiger partial charge on any atom is -0.336 e. The van der Waals surface area contributed by atoms with E-state index < -0.39 is 0 Å². The number of carbonyl (C=O) groups excluding carboxylic acids is 1. The summed E-state index contributed by atoms with van der Waals surface area (Å²) in [7, 11) is 0. The van der Waals surface area contributed by atoms with Gasteiger partial charge < -0.3 is 4.90 Å². The van der Waals surface area contributed by atoms with Crippen molar-refractivity contribution in [3.8, 4) is 11.4 Å². The number of hydrogen-bond acceptors (Lipinski definition) is 5. The number of amides is 1. The number of nitrogens with zero attached hydrogens (tertiary/aromatic N) is 5. The number of thioether (sulfide) groups is 1. The molecule has 1 amide bonds. The van der Waals surface area contributed by atoms with Gasteiger partial charge in [0.2, 0.25) is 5.91 Å². The van der Waals surface area contributed by atoms with Crippen LogP contribution >= 0.6 is 11.8 Å². The van der Waals surface area contributed by atoms with Gasteiger partial charge in [0.05, 0.1) is 5.75 Å². The molecule has 2 fully saturated rings. The maximum Gasteiger partial charge on any atom is 0.233 e. The second-order valence-corrected chi connectivity index (χ2v) is 9.56. The van der Waals surface area contributed by atoms with E-state index in [4.69, 9.17) is 0 Å². The summed E-state index contributed by atoms with van der Waals surface area (Å²) in [5, 5.41) is 9.57. The summed E-state index contributed by atoms with van der Waals surface area (Å²) in [5.41, 5.74) is 0.966. The van der Waals surface area contributed by atoms with Crippen LogP contribution in [0.25, 0.3) is 11.4 Å². The average Bonchev–Trinajstić information content (AvgIpc) is 3.23. The third-order valence-corrected chi connectivity index (χ3v) is 7.47. The molecule has 2 aliphatic rings. The van der Waals surface area contributed by atoms with E-state index >= 15 is 0 Å². The van der Waals surface area contributed by atoms with Crippen molar-refractivity contribution < 1.29 is 4.79 Å². The van der Waals surface area contributed by atoms with Gasteiger partial charge in [0.1, 0.15) is 0 Å². The van der Waals surface area contributed by atoms with Crippen LogP contribution in [-0.2, 0) is 11.3 Å². The number of hydrogen-bond donors (Lipinski definition) is 0. The van der Waals surface area contributed by atoms with Gasteiger partial charge in [-0.25, -0.2) is 0 Å². The third kappa shape index (κ3) is 5.37. The minimum absolute atomic E-state index is 0.266. The quantitative estimate of drug-likeness (QED) is 0.422. The summed E-state index contributed by atoms with van der Waals surface area (Å²) in [5.74, 6) is 1.47. The Hall–Kier alpha value is -2.15. The molecule has 0 saturated heterocycles. The summed E-state index contributed by atoms with van der Waals surface area (Å²) in [6.07, 6.45) is 17.6. The molecule has 0 unspecified atom stereocenters. The molecular weight excluding hydrogens is 406 g/mol. The Morgan fingerprint density at radius 2 is 1.65 bits per heavy atom. The lowest BCUT2D eigenvalue weighted by molar-refractivity contribution is -0.135. The Kier molecular flexibility index (Phi) is 7.78. The van der Waals surface area contributed by atoms with Crippen molar-refractivity contribution in [2.24, 2.45) is 0 Å². The van der Waals surface area contributed by atoms with E-state index in [9.17, 15) is 4.79 Å². The van der Waals surface area contributed by atoms with Crippen LogP contribution < -0.4 is 0 Å². The van der Waals surface area contributed by atoms with Crippen LogP contribution in [0.1, 0.15) is 64.2 Å². The smallest absolute Gasteiger partial charge is 0.233 e. The maximum absolute atomic E-state index is 13.5. The maximum atomic E-state index is 13.5. The Morgan fingerprint density at radius 3 is 2.23 bits per heavy atom. The lowest BCUT2D eigenvalue weighted by Crippen LogP contribution is -2.49. The highest BCUT2D eigenvalue weighted by atomic mass is 32.2. The first-order valence-electron chi connectivity index (χ1n) is 11.7. The Bertz CT molecular complexity index is 838. The fraction of sp³-hybridized carbons (Fsp3) is 0.583. The lowest BCUT2D eigenvalue weighted by atomic mass is 9.88. The van der Waals surface area contributed by atoms with Gasteiger partial charge in [0, 0.05) is 36.6 Å². The number of rotatable bonds is 8. The molecule has 0 bridgehead atoms. The normalized spacial score (nSPS) is 18.1. The van der Waals surface area contributed by atoms with Crippen LogP contribution in [0.3, 0.4) is 0 Å². The summed E-state index contributed by atoms with van der Waals surface area (Å²) in [4.78, 5) is 19.8. The predicted molar refractivity (Wildman–Crippen MR) is 125 cm³/mol. The molecule has 6 nitrogen and oxygen atoms in total. The zero-order valence-corrected chi connectivity index (χ0v) is 19.1. The fourth-order valence-corrected chi connectivity index (χ4v) is 5.85. The van der Waals surface area contributed by atoms with Crippen LogP contribution in [0.4, 0.5) is 0 Å². The highest BCUT2D eigenvalue weighted by molar-refractivity contribution is 7.99. The van der Waals surface area contributed by atoms with E-state index in [1.54, 1.807) is 12.4 Å². The second kappa shape index (κ2) is 10.9. The van der Waals surface area contributed by atoms with E-state index in [2.05, 4.69) is 26.7 Å². The molecule has 0 atom stereocenters. The summed E-state index contributed by atoms with van der Waals surface area (Å²) >= 11 is 1.50. The molecule has 31 heavy (non-hydrogen) atoms. The summed E-state index contributed by atoms with van der Waals surface area (Å²) in [6.45, 7) is 4.49. The van der Waals surface area contributed by atoms with Crippen molar-refractivity contribution in [1.82, 2.24) is 24.6 Å². The van der Waals surface area contributed by atoms with E-state index in [0.29, 0.717) is 24.4 Å². The van der Waals surface area contributed by atoms with Crippen LogP contribution in [0, 0.1) is 0 Å². The van der Waals surface area contributed by atoms with E-state index in [-0.39, 0.29) is 5.91 Å². The van der Waals surface area contributed by atoms with Gasteiger partial charge in [-0.1, -0.05) is 56.4 Å². The molecule has 0 radical (unpaired) electrons. The SMILES string of the molecule is C=CCn1c(SCC(=O)N(C2CCCCC2)C2CCCCC2)nnc1-c1ccncc1. The van der Waals surface area contributed by atoms with Gasteiger partial charge in [-0.15, -0.1) is 16.8 Å². The molecule has 2 aromatic rings. The molecule has 2 saturated carbocycles. The van der Waals surface area contributed by atoms with Gasteiger partial charge in [0.25, 0.3) is 0 Å². The monoisotopic (exact) mass is 439 g/mol. The van der Waals surface area contributed by atoms with Crippen molar-refractivity contribution in [1.29, 1.82) is 0 Å². The first-order chi connectivity index (χ1) is 15.3. The number of allylic oxidation sites excluding steroid dienone is 1. The zero-order chi connectivity index (χ0) is 21.5. The standard InChI is InChI=1S/C24H33N5OS/c1-2-17-28-23(19-13-15-25-16-14-19)26-27-24(28)31-18-22(30)29(20-9-5-3-6-10-20)21-11-7-4-8-12-21/h2,13-16,20-21H,1,3-12,17-18H2. The van der Waals surface area contributed by atoms with Crippen LogP contribution in [0.5, 0.6) is 0 Å². The Labute approximate surface area is 189 Å². The molecule has 166 valence electrons. The van der Waals surface area contributed by atoms with E-state index in [1.807, 2.05) is 22.8 Å². The topological polar surface area (TPSA) is 63.9 Å². The minimum atomic E-state index is 0.266. The van der Waals surface area contributed by atoms with Crippen molar-refractivity contribution >= 4 is 17.7 Å². The van der Waals surface area contributed by atoms with Crippen molar-refractivity contribution in [3.05, 3.63) is 37.2 Å². The largest absolute Gasteiger partial charge is 0.336 e. The van der Waals surface area contributed by atoms with Gasteiger partial charge >= 0.3 is 0 Å². The van der Waals surface area contributed by atoms with Crippen molar-refractivity contribution in [2.75, 3.05) is 5.75 Å². The number of aromatic nitrogens is 4. The van der Waals surface area contributed by atoms with Crippen LogP contribution in [-0.4, -0.2) is 48.4 Å². The predicted octanol–water partition coefficient (Wildman–Crippen LogP) is 5.11. The molecule has 4 rings (SSSR count). The molecule has 2 aliphatic carbocycles. The van der Waals surface area contributed by atoms with Gasteiger partial charge in [0.15, 0.2) is 11.0 Å². The molecule has 2 aromatic heterocycles. The Balaban J connectivity index is 1.49. The first-order valence-corrected chi connectivity index (χ1v) is 12.6. The number of pyridine rings is 1. The molecule has 0 aliphatic heterocycles. The Morgan fingerprint density at radius 1 is 1.03 bits per heavy atom. The second-order valence-electron chi connectivity index (χ2n) is 8.61. The van der Waals surface area contributed by atoms with Gasteiger partial charge in [-0.3, -0.25) is 14.3 Å². The summed E-state index contributed by atoms with van der Waals surface area (Å²) in [6, 6.07) is 4.69. The first kappa shape index (κ1) is 22.1. The highest BCUT2D eigenvalue weighted by Gasteiger charge is 2.32. The molecule has 0 aromatic carbocycles. The fourth-order valence-electron chi connectivity index (χ4n) is 5.03. The van der Waals surface area contributed by atoms with Crippen LogP contribution in [0.15, 0.2) is 42.3 Å². The lowest BCUT2D eigenvalue weighted by Gasteiger charge is -2.41. The molecule has 2 heterocycles. The van der Waals surface area contributed by atoms with Crippen molar-refractivity contribution in [2.45, 2.75) is 88.0 Å². The molecule has 0 spiro atoms. The zero-order valence-electron chi connectivity index (χ0n) is 18.3. The summed E-state index contributed by atoms with van der Waals surface area (Å²) < 4.78 is 2.03. The molecular formula is C24H33N5OS.